The minimum Gasteiger partial charge on any atom is -0.481 e. The third-order valence-corrected chi connectivity index (χ3v) is 15.1. The van der Waals surface area contributed by atoms with Crippen LogP contribution in [0, 0.1) is 0 Å². The lowest BCUT2D eigenvalue weighted by Gasteiger charge is -2.23. The average molecular weight is 997 g/mol. The van der Waals surface area contributed by atoms with E-state index in [0.29, 0.717) is 36.2 Å². The molecule has 4 atom stereocenters. The van der Waals surface area contributed by atoms with Gasteiger partial charge in [-0.1, -0.05) is 12.1 Å². The maximum absolute atomic E-state index is 13.2. The van der Waals surface area contributed by atoms with Gasteiger partial charge in [0.05, 0.1) is 39.7 Å². The van der Waals surface area contributed by atoms with Crippen LogP contribution >= 0.6 is 0 Å². The lowest BCUT2D eigenvalue weighted by atomic mass is 9.96. The fourth-order valence-electron chi connectivity index (χ4n) is 8.97. The molecule has 4 aromatic heterocycles. The van der Waals surface area contributed by atoms with Crippen molar-refractivity contribution in [3.63, 3.8) is 0 Å². The Kier molecular flexibility index (Phi) is 13.9. The second-order valence-corrected chi connectivity index (χ2v) is 20.1. The average Bonchev–Trinajstić information content (AvgIpc) is 4.21. The van der Waals surface area contributed by atoms with Gasteiger partial charge in [-0.3, -0.25) is 0 Å². The highest BCUT2D eigenvalue weighted by molar-refractivity contribution is 7.92. The van der Waals surface area contributed by atoms with E-state index in [1.807, 2.05) is 48.5 Å². The van der Waals surface area contributed by atoms with Gasteiger partial charge in [0, 0.05) is 50.1 Å². The molecule has 6 heterocycles. The number of anilines is 2. The number of fused-ring (bicyclic) bond motifs is 4. The van der Waals surface area contributed by atoms with E-state index < -0.39 is 31.9 Å². The standard InChI is InChI=1S/2C23H26N6O5S/c2*1-32-15-12-29-22(34-13-15)20(11-26-29)35(24,31)28-23(30)27-19-7-6-16(17-4-3-5-18(17)19)14-8-9-25-21(10-14)33-2/h2*6-11,15H,3-5,12-13H2,1-2H3,(H3,24,27,28,30,31)/t2*15-,35?/m00/s1. The summed E-state index contributed by atoms with van der Waals surface area (Å²) >= 11 is 0. The molecule has 4 amide bonds. The molecule has 4 aliphatic rings. The van der Waals surface area contributed by atoms with Gasteiger partial charge in [-0.15, -0.1) is 8.73 Å². The monoisotopic (exact) mass is 996 g/mol. The third-order valence-electron chi connectivity index (χ3n) is 12.4. The van der Waals surface area contributed by atoms with Crippen molar-refractivity contribution in [3.8, 4) is 45.8 Å². The first kappa shape index (κ1) is 48.1. The van der Waals surface area contributed by atoms with Gasteiger partial charge < -0.3 is 39.1 Å². The number of amides is 4. The predicted molar refractivity (Wildman–Crippen MR) is 258 cm³/mol. The van der Waals surface area contributed by atoms with Crippen LogP contribution in [-0.2, 0) is 68.1 Å². The fourth-order valence-corrected chi connectivity index (χ4v) is 11.0. The third kappa shape index (κ3) is 9.91. The maximum Gasteiger partial charge on any atom is 0.354 e. The molecule has 24 heteroatoms. The van der Waals surface area contributed by atoms with Gasteiger partial charge in [-0.2, -0.15) is 10.2 Å². The van der Waals surface area contributed by atoms with Gasteiger partial charge in [0.15, 0.2) is 19.8 Å². The minimum atomic E-state index is -3.58. The number of nitrogens with zero attached hydrogens (tertiary/aromatic N) is 8. The number of carbonyl (C=O) groups excluding carboxylic acids is 2. The number of rotatable bonds is 10. The lowest BCUT2D eigenvalue weighted by Crippen LogP contribution is -2.32. The molecule has 6 N–H and O–H groups in total. The second-order valence-electron chi connectivity index (χ2n) is 16.6. The van der Waals surface area contributed by atoms with Crippen LogP contribution in [0.5, 0.6) is 23.5 Å². The highest BCUT2D eigenvalue weighted by atomic mass is 32.2. The number of aromatic nitrogens is 6. The Bertz CT molecular complexity index is 3040. The van der Waals surface area contributed by atoms with E-state index in [-0.39, 0.29) is 47.0 Å². The smallest absolute Gasteiger partial charge is 0.354 e. The number of hydrogen-bond donors (Lipinski definition) is 4. The summed E-state index contributed by atoms with van der Waals surface area (Å²) in [5, 5.41) is 25.8. The van der Waals surface area contributed by atoms with Gasteiger partial charge in [0.1, 0.15) is 35.2 Å². The normalized spacial score (nSPS) is 18.1. The molecule has 6 aromatic rings. The molecular weight excluding hydrogens is 945 g/mol. The number of benzene rings is 2. The minimum absolute atomic E-state index is 0.0782. The Morgan fingerprint density at radius 3 is 1.46 bits per heavy atom. The predicted octanol–water partition coefficient (Wildman–Crippen LogP) is 5.57. The van der Waals surface area contributed by atoms with E-state index in [4.69, 9.17) is 38.7 Å². The van der Waals surface area contributed by atoms with Crippen LogP contribution in [0.3, 0.4) is 0 Å². The number of urea groups is 2. The van der Waals surface area contributed by atoms with Crippen LogP contribution in [0.15, 0.2) is 91.8 Å². The lowest BCUT2D eigenvalue weighted by molar-refractivity contribution is 0.0165. The van der Waals surface area contributed by atoms with E-state index in [9.17, 15) is 18.0 Å². The molecule has 2 aliphatic heterocycles. The summed E-state index contributed by atoms with van der Waals surface area (Å²) < 4.78 is 69.2. The number of pyridine rings is 2. The van der Waals surface area contributed by atoms with E-state index >= 15 is 0 Å². The molecular formula is C46H52N12O10S2. The first-order valence-electron chi connectivity index (χ1n) is 22.2. The molecule has 10 rings (SSSR count). The largest absolute Gasteiger partial charge is 0.481 e. The summed E-state index contributed by atoms with van der Waals surface area (Å²) in [5.41, 5.74) is 9.72. The van der Waals surface area contributed by atoms with Gasteiger partial charge >= 0.3 is 12.1 Å². The van der Waals surface area contributed by atoms with Crippen molar-refractivity contribution in [1.82, 2.24) is 29.5 Å². The van der Waals surface area contributed by atoms with Crippen LogP contribution in [-0.4, -0.2) is 104 Å². The van der Waals surface area contributed by atoms with E-state index in [2.05, 4.69) is 39.5 Å². The van der Waals surface area contributed by atoms with Gasteiger partial charge in [0.25, 0.3) is 0 Å². The maximum atomic E-state index is 13.2. The van der Waals surface area contributed by atoms with Crippen molar-refractivity contribution in [2.24, 2.45) is 19.0 Å². The zero-order chi connectivity index (χ0) is 49.2. The van der Waals surface area contributed by atoms with Crippen molar-refractivity contribution in [3.05, 3.63) is 95.6 Å². The topological polar surface area (TPSA) is 286 Å². The molecule has 0 spiro atoms. The van der Waals surface area contributed by atoms with Gasteiger partial charge in [-0.25, -0.2) is 47.6 Å². The molecule has 0 radical (unpaired) electrons. The SMILES string of the molecule is COc1cc(-c2ccc(NC(=O)N=S(N)(=O)c3cnn4c3OC[C@@H](OC)C4)c3c2CCC3)ccn1.COc1cc(-c2ccc(NC(=O)N=S(N)(=O)c3cnn4c3OC[C@@H](OC)C4)c3c2CCC3)ccn1. The number of hydrogen-bond acceptors (Lipinski definition) is 14. The number of nitrogens with two attached hydrogens (primary N) is 2. The quantitative estimate of drug-likeness (QED) is 0.131. The summed E-state index contributed by atoms with van der Waals surface area (Å²) in [6.45, 7) is 1.38. The Labute approximate surface area is 404 Å². The summed E-state index contributed by atoms with van der Waals surface area (Å²) in [6.07, 6.45) is 11.0. The van der Waals surface area contributed by atoms with E-state index in [1.54, 1.807) is 40.8 Å². The molecule has 368 valence electrons. The summed E-state index contributed by atoms with van der Waals surface area (Å²) in [6, 6.07) is 13.6. The number of ether oxygens (including phenoxy) is 6. The van der Waals surface area contributed by atoms with Crippen LogP contribution in [0.4, 0.5) is 21.0 Å². The Morgan fingerprint density at radius 2 is 1.06 bits per heavy atom. The Morgan fingerprint density at radius 1 is 0.643 bits per heavy atom. The second kappa shape index (κ2) is 20.2. The Hall–Kier alpha value is -6.96. The number of nitrogens with one attached hydrogen (secondary N) is 2. The van der Waals surface area contributed by atoms with Crippen LogP contribution in [0.2, 0.25) is 0 Å². The Balaban J connectivity index is 0.000000174. The zero-order valence-corrected chi connectivity index (χ0v) is 40.4. The molecule has 0 saturated heterocycles. The van der Waals surface area contributed by atoms with E-state index in [0.717, 1.165) is 83.0 Å². The van der Waals surface area contributed by atoms with Crippen molar-refractivity contribution in [1.29, 1.82) is 0 Å². The summed E-state index contributed by atoms with van der Waals surface area (Å²) in [5.74, 6) is 1.54. The fraction of sp³-hybridized carbons (Fsp3) is 0.348. The zero-order valence-electron chi connectivity index (χ0n) is 38.8. The highest BCUT2D eigenvalue weighted by Crippen LogP contribution is 2.40. The highest BCUT2D eigenvalue weighted by Gasteiger charge is 2.30. The molecule has 2 unspecified atom stereocenters. The van der Waals surface area contributed by atoms with Crippen LogP contribution in [0.1, 0.15) is 35.1 Å². The summed E-state index contributed by atoms with van der Waals surface area (Å²) in [7, 11) is -0.852. The van der Waals surface area contributed by atoms with Crippen molar-refractivity contribution in [2.45, 2.75) is 73.6 Å². The van der Waals surface area contributed by atoms with Crippen LogP contribution < -0.4 is 39.9 Å². The van der Waals surface area contributed by atoms with Crippen LogP contribution in [0.25, 0.3) is 22.3 Å². The van der Waals surface area contributed by atoms with Crippen molar-refractivity contribution < 1.29 is 46.4 Å². The molecule has 22 nitrogen and oxygen atoms in total. The number of carbonyl (C=O) groups is 2. The number of methoxy groups -OCH3 is 4. The molecule has 0 saturated carbocycles. The summed E-state index contributed by atoms with van der Waals surface area (Å²) in [4.78, 5) is 34.1. The first-order chi connectivity index (χ1) is 33.8. The molecule has 2 aromatic carbocycles. The van der Waals surface area contributed by atoms with E-state index in [1.165, 1.54) is 21.8 Å². The molecule has 70 heavy (non-hydrogen) atoms. The van der Waals surface area contributed by atoms with Gasteiger partial charge in [-0.05, 0) is 107 Å². The van der Waals surface area contributed by atoms with Crippen molar-refractivity contribution >= 4 is 43.3 Å². The molecule has 0 bridgehead atoms. The van der Waals surface area contributed by atoms with Crippen molar-refractivity contribution in [2.75, 3.05) is 52.3 Å². The molecule has 0 fully saturated rings. The van der Waals surface area contributed by atoms with Gasteiger partial charge in [0.2, 0.25) is 23.5 Å². The first-order valence-corrected chi connectivity index (χ1v) is 25.4. The molecule has 2 aliphatic carbocycles.